The molecule has 4 nitrogen and oxygen atoms in total. The van der Waals surface area contributed by atoms with Crippen molar-refractivity contribution in [3.05, 3.63) is 28.8 Å². The van der Waals surface area contributed by atoms with Crippen LogP contribution < -0.4 is 10.6 Å². The van der Waals surface area contributed by atoms with Gasteiger partial charge in [0.2, 0.25) is 0 Å². The van der Waals surface area contributed by atoms with E-state index in [1.54, 1.807) is 0 Å². The Morgan fingerprint density at radius 3 is 2.18 bits per heavy atom. The van der Waals surface area contributed by atoms with Gasteiger partial charge in [-0.25, -0.2) is 0 Å². The lowest BCUT2D eigenvalue weighted by Gasteiger charge is -2.29. The lowest BCUT2D eigenvalue weighted by atomic mass is 9.86. The first kappa shape index (κ1) is 16.5. The lowest BCUT2D eigenvalue weighted by Crippen LogP contribution is -2.45. The van der Waals surface area contributed by atoms with E-state index in [0.29, 0.717) is 5.92 Å². The van der Waals surface area contributed by atoms with Crippen molar-refractivity contribution in [3.63, 3.8) is 0 Å². The molecule has 22 heavy (non-hydrogen) atoms. The predicted octanol–water partition coefficient (Wildman–Crippen LogP) is 3.25. The number of hydrogen-bond acceptors (Lipinski definition) is 2. The zero-order valence-electron chi connectivity index (χ0n) is 14.0. The topological polar surface area (TPSA) is 58.2 Å². The van der Waals surface area contributed by atoms with Gasteiger partial charge in [0.05, 0.1) is 0 Å². The summed E-state index contributed by atoms with van der Waals surface area (Å²) in [6.07, 6.45) is 4.40. The third-order valence-electron chi connectivity index (χ3n) is 4.55. The summed E-state index contributed by atoms with van der Waals surface area (Å²) >= 11 is 0. The van der Waals surface area contributed by atoms with Gasteiger partial charge in [-0.05, 0) is 50.7 Å². The molecule has 120 valence electrons. The molecule has 1 aliphatic carbocycles. The number of rotatable bonds is 2. The average molecular weight is 302 g/mol. The third kappa shape index (κ3) is 3.87. The molecule has 1 fully saturated rings. The zero-order chi connectivity index (χ0) is 16.3. The van der Waals surface area contributed by atoms with Crippen molar-refractivity contribution in [1.29, 1.82) is 0 Å². The minimum atomic E-state index is -0.576. The van der Waals surface area contributed by atoms with Gasteiger partial charge in [-0.1, -0.05) is 37.5 Å². The Labute approximate surface area is 132 Å². The molecule has 2 amide bonds. The van der Waals surface area contributed by atoms with Crippen LogP contribution in [0.5, 0.6) is 0 Å². The minimum absolute atomic E-state index is 0.118. The summed E-state index contributed by atoms with van der Waals surface area (Å²) in [6, 6.07) is 4.13. The highest BCUT2D eigenvalue weighted by Crippen LogP contribution is 2.24. The fourth-order valence-corrected chi connectivity index (χ4v) is 3.31. The Hall–Kier alpha value is -1.84. The van der Waals surface area contributed by atoms with Crippen molar-refractivity contribution in [3.8, 4) is 0 Å². The monoisotopic (exact) mass is 302 g/mol. The molecule has 4 heteroatoms. The maximum atomic E-state index is 12.2. The fraction of sp³-hybridized carbons (Fsp3) is 0.556. The van der Waals surface area contributed by atoms with Gasteiger partial charge in [-0.3, -0.25) is 9.59 Å². The van der Waals surface area contributed by atoms with Crippen LogP contribution in [-0.4, -0.2) is 17.9 Å². The second-order valence-electron chi connectivity index (χ2n) is 6.57. The molecule has 0 aliphatic heterocycles. The van der Waals surface area contributed by atoms with Crippen LogP contribution in [0.25, 0.3) is 0 Å². The molecule has 1 saturated carbocycles. The Kier molecular flexibility index (Phi) is 5.22. The molecule has 0 bridgehead atoms. The van der Waals surface area contributed by atoms with E-state index in [-0.39, 0.29) is 6.04 Å². The zero-order valence-corrected chi connectivity index (χ0v) is 14.0. The molecule has 0 aromatic heterocycles. The molecule has 2 N–H and O–H groups in total. The van der Waals surface area contributed by atoms with Gasteiger partial charge in [0.25, 0.3) is 0 Å². The number of hydrogen-bond donors (Lipinski definition) is 2. The van der Waals surface area contributed by atoms with Gasteiger partial charge >= 0.3 is 11.8 Å². The van der Waals surface area contributed by atoms with Crippen LogP contribution >= 0.6 is 0 Å². The smallest absolute Gasteiger partial charge is 0.313 e. The minimum Gasteiger partial charge on any atom is -0.345 e. The van der Waals surface area contributed by atoms with Gasteiger partial charge < -0.3 is 10.6 Å². The first-order chi connectivity index (χ1) is 10.4. The largest absolute Gasteiger partial charge is 0.345 e. The maximum Gasteiger partial charge on any atom is 0.313 e. The number of carbonyl (C=O) groups is 2. The SMILES string of the molecule is Cc1cc(C)c(NC(=O)C(=O)N[C@@H]2CCCC[C@@H]2C)c(C)c1. The third-order valence-corrected chi connectivity index (χ3v) is 4.55. The van der Waals surface area contributed by atoms with Crippen LogP contribution in [0, 0.1) is 26.7 Å². The summed E-state index contributed by atoms with van der Waals surface area (Å²) in [4.78, 5) is 24.3. The lowest BCUT2D eigenvalue weighted by molar-refractivity contribution is -0.137. The van der Waals surface area contributed by atoms with Gasteiger partial charge in [0.1, 0.15) is 0 Å². The van der Waals surface area contributed by atoms with E-state index in [1.807, 2.05) is 32.9 Å². The molecular weight excluding hydrogens is 276 g/mol. The first-order valence-electron chi connectivity index (χ1n) is 8.08. The molecule has 1 aromatic rings. The highest BCUT2D eigenvalue weighted by molar-refractivity contribution is 6.39. The van der Waals surface area contributed by atoms with Crippen LogP contribution in [0.2, 0.25) is 0 Å². The predicted molar refractivity (Wildman–Crippen MR) is 88.8 cm³/mol. The maximum absolute atomic E-state index is 12.2. The Balaban J connectivity index is 2.01. The molecule has 1 aliphatic rings. The summed E-state index contributed by atoms with van der Waals surface area (Å²) in [5.74, 6) is -0.667. The van der Waals surface area contributed by atoms with Gasteiger partial charge in [0.15, 0.2) is 0 Å². The number of aryl methyl sites for hydroxylation is 3. The van der Waals surface area contributed by atoms with Crippen molar-refractivity contribution >= 4 is 17.5 Å². The highest BCUT2D eigenvalue weighted by Gasteiger charge is 2.25. The van der Waals surface area contributed by atoms with Crippen LogP contribution in [0.4, 0.5) is 5.69 Å². The summed E-state index contributed by atoms with van der Waals surface area (Å²) in [5, 5.41) is 5.65. The molecule has 1 aromatic carbocycles. The van der Waals surface area contributed by atoms with Crippen LogP contribution in [0.15, 0.2) is 12.1 Å². The molecule has 2 atom stereocenters. The number of nitrogens with one attached hydrogen (secondary N) is 2. The number of anilines is 1. The van der Waals surface area contributed by atoms with E-state index in [2.05, 4.69) is 17.6 Å². The van der Waals surface area contributed by atoms with Gasteiger partial charge in [0, 0.05) is 11.7 Å². The Morgan fingerprint density at radius 1 is 1.00 bits per heavy atom. The van der Waals surface area contributed by atoms with Crippen molar-refractivity contribution < 1.29 is 9.59 Å². The number of carbonyl (C=O) groups excluding carboxylic acids is 2. The molecule has 0 heterocycles. The molecule has 0 radical (unpaired) electrons. The Morgan fingerprint density at radius 2 is 1.59 bits per heavy atom. The fourth-order valence-electron chi connectivity index (χ4n) is 3.31. The van der Waals surface area contributed by atoms with E-state index >= 15 is 0 Å². The summed E-state index contributed by atoms with van der Waals surface area (Å²) in [7, 11) is 0. The molecule has 0 saturated heterocycles. The second-order valence-corrected chi connectivity index (χ2v) is 6.57. The van der Waals surface area contributed by atoms with Crippen molar-refractivity contribution in [1.82, 2.24) is 5.32 Å². The van der Waals surface area contributed by atoms with Gasteiger partial charge in [-0.15, -0.1) is 0 Å². The van der Waals surface area contributed by atoms with Gasteiger partial charge in [-0.2, -0.15) is 0 Å². The van der Waals surface area contributed by atoms with E-state index in [9.17, 15) is 9.59 Å². The second kappa shape index (κ2) is 6.95. The van der Waals surface area contributed by atoms with E-state index in [1.165, 1.54) is 6.42 Å². The molecule has 2 rings (SSSR count). The van der Waals surface area contributed by atoms with Crippen molar-refractivity contribution in [2.75, 3.05) is 5.32 Å². The molecular formula is C18H26N2O2. The summed E-state index contributed by atoms with van der Waals surface area (Å²) in [5.41, 5.74) is 3.84. The quantitative estimate of drug-likeness (QED) is 0.824. The normalized spacial score (nSPS) is 21.3. The van der Waals surface area contributed by atoms with E-state index < -0.39 is 11.8 Å². The van der Waals surface area contributed by atoms with Crippen LogP contribution in [0.3, 0.4) is 0 Å². The van der Waals surface area contributed by atoms with Crippen LogP contribution in [0.1, 0.15) is 49.3 Å². The Bertz CT molecular complexity index is 557. The van der Waals surface area contributed by atoms with E-state index in [0.717, 1.165) is 41.6 Å². The van der Waals surface area contributed by atoms with E-state index in [4.69, 9.17) is 0 Å². The average Bonchev–Trinajstić information content (AvgIpc) is 2.45. The number of amides is 2. The summed E-state index contributed by atoms with van der Waals surface area (Å²) in [6.45, 7) is 8.03. The highest BCUT2D eigenvalue weighted by atomic mass is 16.2. The van der Waals surface area contributed by atoms with Crippen molar-refractivity contribution in [2.45, 2.75) is 59.4 Å². The van der Waals surface area contributed by atoms with Crippen molar-refractivity contribution in [2.24, 2.45) is 5.92 Å². The first-order valence-corrected chi connectivity index (χ1v) is 8.08. The van der Waals surface area contributed by atoms with Crippen LogP contribution in [-0.2, 0) is 9.59 Å². The summed E-state index contributed by atoms with van der Waals surface area (Å²) < 4.78 is 0. The molecule has 0 spiro atoms. The number of benzene rings is 1. The standard InChI is InChI=1S/C18H26N2O2/c1-11-9-13(3)16(14(4)10-11)20-18(22)17(21)19-15-8-6-5-7-12(15)2/h9-10,12,15H,5-8H2,1-4H3,(H,19,21)(H,20,22)/t12-,15+/m0/s1. The molecule has 0 unspecified atom stereocenters.